The maximum Gasteiger partial charge on any atom is 0.0960 e. The van der Waals surface area contributed by atoms with Gasteiger partial charge in [-0.15, -0.1) is 11.8 Å². The molecule has 0 amide bonds. The van der Waals surface area contributed by atoms with E-state index < -0.39 is 0 Å². The van der Waals surface area contributed by atoms with Crippen LogP contribution in [0.3, 0.4) is 0 Å². The van der Waals surface area contributed by atoms with Gasteiger partial charge in [-0.1, -0.05) is 24.3 Å². The van der Waals surface area contributed by atoms with Crippen LogP contribution in [0.2, 0.25) is 0 Å². The van der Waals surface area contributed by atoms with E-state index in [1.165, 1.54) is 0 Å². The highest BCUT2D eigenvalue weighted by Gasteiger charge is 2.23. The van der Waals surface area contributed by atoms with Gasteiger partial charge in [0.05, 0.1) is 17.2 Å². The molecule has 1 aromatic carbocycles. The molecule has 2 aromatic rings. The van der Waals surface area contributed by atoms with Crippen molar-refractivity contribution in [3.8, 4) is 0 Å². The molecule has 4 heteroatoms. The lowest BCUT2D eigenvalue weighted by molar-refractivity contribution is -0.0118. The zero-order valence-corrected chi connectivity index (χ0v) is 12.7. The highest BCUT2D eigenvalue weighted by atomic mass is 32.2. The van der Waals surface area contributed by atoms with Crippen LogP contribution in [0.1, 0.15) is 19.4 Å². The molecule has 2 N–H and O–H groups in total. The van der Waals surface area contributed by atoms with Crippen molar-refractivity contribution in [1.82, 2.24) is 4.98 Å². The van der Waals surface area contributed by atoms with Gasteiger partial charge in [-0.25, -0.2) is 4.98 Å². The second-order valence-corrected chi connectivity index (χ2v) is 6.08. The van der Waals surface area contributed by atoms with Gasteiger partial charge in [0, 0.05) is 23.2 Å². The first-order valence-electron chi connectivity index (χ1n) is 6.62. The molecular formula is C16H20N2OS. The first-order chi connectivity index (χ1) is 9.59. The highest BCUT2D eigenvalue weighted by molar-refractivity contribution is 7.99. The standard InChI is InChI=1S/C16H20N2OS/c1-16(2,13-7-3-4-8-14(13)17)19-11-12-20-15-9-5-6-10-18-15/h3-10H,11-12,17H2,1-2H3. The third kappa shape index (κ3) is 3.99. The van der Waals surface area contributed by atoms with Gasteiger partial charge in [-0.2, -0.15) is 0 Å². The molecule has 0 aliphatic heterocycles. The number of benzene rings is 1. The number of pyridine rings is 1. The van der Waals surface area contributed by atoms with Crippen LogP contribution in [0.4, 0.5) is 5.69 Å². The minimum absolute atomic E-state index is 0.379. The maximum absolute atomic E-state index is 6.01. The zero-order chi connectivity index (χ0) is 14.4. The van der Waals surface area contributed by atoms with Crippen molar-refractivity contribution in [2.75, 3.05) is 18.1 Å². The Morgan fingerprint density at radius 2 is 1.90 bits per heavy atom. The average Bonchev–Trinajstić information content (AvgIpc) is 2.45. The molecule has 3 nitrogen and oxygen atoms in total. The second-order valence-electron chi connectivity index (χ2n) is 4.96. The summed E-state index contributed by atoms with van der Waals surface area (Å²) in [6.07, 6.45) is 1.80. The first kappa shape index (κ1) is 14.9. The molecule has 0 unspecified atom stereocenters. The average molecular weight is 288 g/mol. The van der Waals surface area contributed by atoms with Crippen molar-refractivity contribution in [3.63, 3.8) is 0 Å². The van der Waals surface area contributed by atoms with Crippen LogP contribution in [0.25, 0.3) is 0 Å². The number of nitrogens with two attached hydrogens (primary N) is 1. The Hall–Kier alpha value is -1.52. The number of nitrogen functional groups attached to an aromatic ring is 1. The zero-order valence-electron chi connectivity index (χ0n) is 11.9. The summed E-state index contributed by atoms with van der Waals surface area (Å²) < 4.78 is 5.99. The van der Waals surface area contributed by atoms with E-state index in [1.54, 1.807) is 18.0 Å². The summed E-state index contributed by atoms with van der Waals surface area (Å²) in [6.45, 7) is 4.75. The molecule has 106 valence electrons. The maximum atomic E-state index is 6.01. The summed E-state index contributed by atoms with van der Waals surface area (Å²) in [5.41, 5.74) is 7.43. The van der Waals surface area contributed by atoms with Crippen LogP contribution in [0.5, 0.6) is 0 Å². The highest BCUT2D eigenvalue weighted by Crippen LogP contribution is 2.29. The van der Waals surface area contributed by atoms with Crippen LogP contribution < -0.4 is 5.73 Å². The molecule has 1 aromatic heterocycles. The summed E-state index contributed by atoms with van der Waals surface area (Å²) in [7, 11) is 0. The fraction of sp³-hybridized carbons (Fsp3) is 0.312. The summed E-state index contributed by atoms with van der Waals surface area (Å²) in [6, 6.07) is 13.8. The van der Waals surface area contributed by atoms with Crippen molar-refractivity contribution >= 4 is 17.4 Å². The fourth-order valence-corrected chi connectivity index (χ4v) is 2.68. The topological polar surface area (TPSA) is 48.1 Å². The van der Waals surface area contributed by atoms with Crippen molar-refractivity contribution < 1.29 is 4.74 Å². The van der Waals surface area contributed by atoms with E-state index in [1.807, 2.05) is 56.3 Å². The number of anilines is 1. The SMILES string of the molecule is CC(C)(OCCSc1ccccn1)c1ccccc1N. The molecule has 0 radical (unpaired) electrons. The number of hydrogen-bond acceptors (Lipinski definition) is 4. The largest absolute Gasteiger partial charge is 0.398 e. The first-order valence-corrected chi connectivity index (χ1v) is 7.61. The number of aromatic nitrogens is 1. The van der Waals surface area contributed by atoms with E-state index >= 15 is 0 Å². The lowest BCUT2D eigenvalue weighted by atomic mass is 9.96. The van der Waals surface area contributed by atoms with E-state index in [-0.39, 0.29) is 5.60 Å². The van der Waals surface area contributed by atoms with Crippen LogP contribution in [-0.4, -0.2) is 17.3 Å². The van der Waals surface area contributed by atoms with Gasteiger partial charge in [0.2, 0.25) is 0 Å². The van der Waals surface area contributed by atoms with E-state index in [0.717, 1.165) is 22.0 Å². The van der Waals surface area contributed by atoms with Crippen LogP contribution in [0.15, 0.2) is 53.7 Å². The molecule has 0 atom stereocenters. The normalized spacial score (nSPS) is 11.5. The van der Waals surface area contributed by atoms with Crippen LogP contribution in [0, 0.1) is 0 Å². The number of hydrogen-bond donors (Lipinski definition) is 1. The van der Waals surface area contributed by atoms with Crippen molar-refractivity contribution in [1.29, 1.82) is 0 Å². The third-order valence-corrected chi connectivity index (χ3v) is 3.95. The van der Waals surface area contributed by atoms with Gasteiger partial charge in [0.1, 0.15) is 0 Å². The van der Waals surface area contributed by atoms with Crippen LogP contribution >= 0.6 is 11.8 Å². The third-order valence-electron chi connectivity index (χ3n) is 3.04. The minimum Gasteiger partial charge on any atom is -0.398 e. The van der Waals surface area contributed by atoms with Crippen molar-refractivity contribution in [3.05, 3.63) is 54.2 Å². The summed E-state index contributed by atoms with van der Waals surface area (Å²) in [4.78, 5) is 4.27. The van der Waals surface area contributed by atoms with Gasteiger partial charge < -0.3 is 10.5 Å². The summed E-state index contributed by atoms with van der Waals surface area (Å²) in [5.74, 6) is 0.868. The molecular weight excluding hydrogens is 268 g/mol. The Labute approximate surface area is 124 Å². The van der Waals surface area contributed by atoms with Gasteiger partial charge in [0.15, 0.2) is 0 Å². The predicted octanol–water partition coefficient (Wildman–Crippen LogP) is 3.71. The van der Waals surface area contributed by atoms with E-state index in [0.29, 0.717) is 6.61 Å². The van der Waals surface area contributed by atoms with Crippen molar-refractivity contribution in [2.24, 2.45) is 0 Å². The number of ether oxygens (including phenoxy) is 1. The lowest BCUT2D eigenvalue weighted by Gasteiger charge is -2.27. The number of para-hydroxylation sites is 1. The lowest BCUT2D eigenvalue weighted by Crippen LogP contribution is -2.24. The van der Waals surface area contributed by atoms with E-state index in [2.05, 4.69) is 4.98 Å². The summed E-state index contributed by atoms with van der Waals surface area (Å²) >= 11 is 1.69. The molecule has 0 saturated carbocycles. The Morgan fingerprint density at radius 3 is 2.60 bits per heavy atom. The van der Waals surface area contributed by atoms with Gasteiger partial charge in [-0.05, 0) is 32.0 Å². The smallest absolute Gasteiger partial charge is 0.0960 e. The Balaban J connectivity index is 1.85. The quantitative estimate of drug-likeness (QED) is 0.500. The molecule has 0 spiro atoms. The van der Waals surface area contributed by atoms with Gasteiger partial charge in [-0.3, -0.25) is 0 Å². The fourth-order valence-electron chi connectivity index (χ4n) is 2.00. The number of nitrogens with zero attached hydrogens (tertiary/aromatic N) is 1. The van der Waals surface area contributed by atoms with Gasteiger partial charge in [0.25, 0.3) is 0 Å². The molecule has 0 bridgehead atoms. The van der Waals surface area contributed by atoms with E-state index in [4.69, 9.17) is 10.5 Å². The summed E-state index contributed by atoms with van der Waals surface area (Å²) in [5, 5.41) is 1.02. The molecule has 0 saturated heterocycles. The van der Waals surface area contributed by atoms with E-state index in [9.17, 15) is 0 Å². The molecule has 1 heterocycles. The minimum atomic E-state index is -0.379. The molecule has 0 aliphatic carbocycles. The number of thioether (sulfide) groups is 1. The number of rotatable bonds is 6. The van der Waals surface area contributed by atoms with Gasteiger partial charge >= 0.3 is 0 Å². The second kappa shape index (κ2) is 6.77. The molecule has 20 heavy (non-hydrogen) atoms. The Morgan fingerprint density at radius 1 is 1.15 bits per heavy atom. The predicted molar refractivity (Wildman–Crippen MR) is 84.8 cm³/mol. The molecule has 2 rings (SSSR count). The van der Waals surface area contributed by atoms with Crippen molar-refractivity contribution in [2.45, 2.75) is 24.5 Å². The Kier molecular flexibility index (Phi) is 5.04. The Bertz CT molecular complexity index is 543. The monoisotopic (exact) mass is 288 g/mol. The molecule has 0 aliphatic rings. The van der Waals surface area contributed by atoms with Crippen LogP contribution in [-0.2, 0) is 10.3 Å². The molecule has 0 fully saturated rings.